The van der Waals surface area contributed by atoms with Gasteiger partial charge < -0.3 is 19.5 Å². The van der Waals surface area contributed by atoms with Crippen LogP contribution in [0.25, 0.3) is 0 Å². The number of hydrogen-bond donors (Lipinski definition) is 1. The van der Waals surface area contributed by atoms with Crippen LogP contribution in [0.4, 0.5) is 0 Å². The highest BCUT2D eigenvalue weighted by atomic mass is 16.5. The summed E-state index contributed by atoms with van der Waals surface area (Å²) in [6.45, 7) is 18.2. The van der Waals surface area contributed by atoms with Gasteiger partial charge in [0, 0.05) is 25.5 Å². The standard InChI is InChI=1S/C40H67NO6/c1-28(2)16-13-17-29(3)18-14-19-30(4)20-15-25-40(8)26-24-34-33(7)38(31(5)32(6)39(34)47-40)46-37(44)21-11-10-12-27-45-36(43)23-22-35(42)41-9/h28-30H,10-27H2,1-9H3,(H,41,42). The Morgan fingerprint density at radius 3 is 2.04 bits per heavy atom. The van der Waals surface area contributed by atoms with Crippen molar-refractivity contribution in [1.82, 2.24) is 5.32 Å². The molecular formula is C40H67NO6. The van der Waals surface area contributed by atoms with E-state index >= 15 is 0 Å². The normalized spacial score (nSPS) is 17.1. The highest BCUT2D eigenvalue weighted by Crippen LogP contribution is 2.45. The number of carbonyl (C=O) groups excluding carboxylic acids is 3. The lowest BCUT2D eigenvalue weighted by molar-refractivity contribution is -0.145. The van der Waals surface area contributed by atoms with E-state index in [0.29, 0.717) is 31.6 Å². The zero-order chi connectivity index (χ0) is 35.0. The Hall–Kier alpha value is -2.57. The number of ether oxygens (including phenoxy) is 3. The molecule has 7 heteroatoms. The Kier molecular flexibility index (Phi) is 17.9. The molecule has 1 aromatic carbocycles. The van der Waals surface area contributed by atoms with Crippen LogP contribution in [0.3, 0.4) is 0 Å². The predicted molar refractivity (Wildman–Crippen MR) is 191 cm³/mol. The predicted octanol–water partition coefficient (Wildman–Crippen LogP) is 9.67. The number of benzene rings is 1. The van der Waals surface area contributed by atoms with Gasteiger partial charge in [0.15, 0.2) is 0 Å². The lowest BCUT2D eigenvalue weighted by Crippen LogP contribution is -2.37. The van der Waals surface area contributed by atoms with Crippen molar-refractivity contribution >= 4 is 17.8 Å². The van der Waals surface area contributed by atoms with Gasteiger partial charge in [0.2, 0.25) is 5.91 Å². The van der Waals surface area contributed by atoms with Gasteiger partial charge in [-0.2, -0.15) is 0 Å². The van der Waals surface area contributed by atoms with Crippen molar-refractivity contribution in [1.29, 1.82) is 0 Å². The fourth-order valence-corrected chi connectivity index (χ4v) is 6.72. The number of esters is 2. The van der Waals surface area contributed by atoms with Crippen LogP contribution in [0.5, 0.6) is 11.5 Å². The van der Waals surface area contributed by atoms with Gasteiger partial charge in [-0.3, -0.25) is 14.4 Å². The molecule has 0 spiro atoms. The first-order chi connectivity index (χ1) is 22.3. The summed E-state index contributed by atoms with van der Waals surface area (Å²) in [6.07, 6.45) is 16.1. The van der Waals surface area contributed by atoms with Crippen molar-refractivity contribution in [2.45, 2.75) is 170 Å². The maximum atomic E-state index is 12.8. The first-order valence-electron chi connectivity index (χ1n) is 18.6. The van der Waals surface area contributed by atoms with Crippen molar-refractivity contribution < 1.29 is 28.6 Å². The molecule has 1 amide bonds. The van der Waals surface area contributed by atoms with E-state index in [1.54, 1.807) is 7.05 Å². The third-order valence-corrected chi connectivity index (χ3v) is 10.2. The molecule has 3 unspecified atom stereocenters. The third kappa shape index (κ3) is 14.6. The average Bonchev–Trinajstić information content (AvgIpc) is 3.02. The van der Waals surface area contributed by atoms with Crippen molar-refractivity contribution in [3.05, 3.63) is 22.3 Å². The number of rotatable bonds is 22. The van der Waals surface area contributed by atoms with E-state index in [1.165, 1.54) is 56.9 Å². The number of carbonyl (C=O) groups is 3. The van der Waals surface area contributed by atoms with Gasteiger partial charge in [-0.25, -0.2) is 0 Å². The second-order valence-electron chi connectivity index (χ2n) is 15.1. The lowest BCUT2D eigenvalue weighted by atomic mass is 9.83. The Bertz CT molecular complexity index is 1140. The summed E-state index contributed by atoms with van der Waals surface area (Å²) >= 11 is 0. The molecule has 7 nitrogen and oxygen atoms in total. The zero-order valence-corrected chi connectivity index (χ0v) is 31.4. The maximum absolute atomic E-state index is 12.8. The van der Waals surface area contributed by atoms with Gasteiger partial charge in [0.05, 0.1) is 13.0 Å². The Morgan fingerprint density at radius 1 is 0.766 bits per heavy atom. The van der Waals surface area contributed by atoms with Gasteiger partial charge in [-0.1, -0.05) is 72.6 Å². The molecule has 0 bridgehead atoms. The smallest absolute Gasteiger partial charge is 0.311 e. The fourth-order valence-electron chi connectivity index (χ4n) is 6.72. The number of unbranched alkanes of at least 4 members (excludes halogenated alkanes) is 2. The van der Waals surface area contributed by atoms with Gasteiger partial charge >= 0.3 is 11.9 Å². The Morgan fingerprint density at radius 2 is 1.40 bits per heavy atom. The molecule has 268 valence electrons. The second-order valence-corrected chi connectivity index (χ2v) is 15.1. The Labute approximate surface area is 286 Å². The van der Waals surface area contributed by atoms with Gasteiger partial charge in [0.1, 0.15) is 17.1 Å². The van der Waals surface area contributed by atoms with Crippen LogP contribution < -0.4 is 14.8 Å². The molecule has 0 saturated carbocycles. The largest absolute Gasteiger partial charge is 0.487 e. The van der Waals surface area contributed by atoms with E-state index in [0.717, 1.165) is 65.9 Å². The molecule has 3 atom stereocenters. The minimum absolute atomic E-state index is 0.0763. The third-order valence-electron chi connectivity index (χ3n) is 10.2. The molecule has 0 aromatic heterocycles. The van der Waals surface area contributed by atoms with E-state index in [-0.39, 0.29) is 36.3 Å². The van der Waals surface area contributed by atoms with Crippen LogP contribution in [-0.2, 0) is 25.5 Å². The quantitative estimate of drug-likeness (QED) is 0.0759. The van der Waals surface area contributed by atoms with Gasteiger partial charge in [-0.05, 0) is 107 Å². The molecule has 2 rings (SSSR count). The SMILES string of the molecule is CNC(=O)CCC(=O)OCCCCCC(=O)Oc1c(C)c(C)c2c(c1C)CCC(C)(CCCC(C)CCCC(C)CCCC(C)C)O2. The highest BCUT2D eigenvalue weighted by Gasteiger charge is 2.34. The highest BCUT2D eigenvalue weighted by molar-refractivity contribution is 5.81. The molecule has 1 aliphatic heterocycles. The zero-order valence-electron chi connectivity index (χ0n) is 31.4. The van der Waals surface area contributed by atoms with Crippen LogP contribution >= 0.6 is 0 Å². The first-order valence-corrected chi connectivity index (χ1v) is 18.6. The summed E-state index contributed by atoms with van der Waals surface area (Å²) < 4.78 is 17.9. The van der Waals surface area contributed by atoms with Crippen LogP contribution in [0.1, 0.15) is 160 Å². The van der Waals surface area contributed by atoms with E-state index < -0.39 is 0 Å². The summed E-state index contributed by atoms with van der Waals surface area (Å²) in [7, 11) is 1.54. The summed E-state index contributed by atoms with van der Waals surface area (Å²) in [5.74, 6) is 3.28. The molecule has 47 heavy (non-hydrogen) atoms. The van der Waals surface area contributed by atoms with Crippen LogP contribution in [0.2, 0.25) is 0 Å². The Balaban J connectivity index is 1.77. The van der Waals surface area contributed by atoms with Gasteiger partial charge in [-0.15, -0.1) is 0 Å². The summed E-state index contributed by atoms with van der Waals surface area (Å²) in [6, 6.07) is 0. The molecule has 0 saturated heterocycles. The summed E-state index contributed by atoms with van der Waals surface area (Å²) in [5, 5.41) is 2.48. The van der Waals surface area contributed by atoms with Crippen molar-refractivity contribution in [2.75, 3.05) is 13.7 Å². The molecule has 1 aliphatic rings. The average molecular weight is 658 g/mol. The second kappa shape index (κ2) is 20.7. The first kappa shape index (κ1) is 40.6. The number of amides is 1. The molecule has 1 heterocycles. The summed E-state index contributed by atoms with van der Waals surface area (Å²) in [5.41, 5.74) is 4.04. The monoisotopic (exact) mass is 657 g/mol. The molecule has 1 aromatic rings. The minimum Gasteiger partial charge on any atom is -0.487 e. The minimum atomic E-state index is -0.376. The van der Waals surface area contributed by atoms with Crippen molar-refractivity contribution in [3.8, 4) is 11.5 Å². The molecular weight excluding hydrogens is 590 g/mol. The number of nitrogens with one attached hydrogen (secondary N) is 1. The molecule has 0 aliphatic carbocycles. The van der Waals surface area contributed by atoms with E-state index in [9.17, 15) is 14.4 Å². The van der Waals surface area contributed by atoms with Crippen LogP contribution in [0.15, 0.2) is 0 Å². The van der Waals surface area contributed by atoms with Gasteiger partial charge in [0.25, 0.3) is 0 Å². The molecule has 1 N–H and O–H groups in total. The number of fused-ring (bicyclic) bond motifs is 1. The van der Waals surface area contributed by atoms with Crippen molar-refractivity contribution in [2.24, 2.45) is 17.8 Å². The summed E-state index contributed by atoms with van der Waals surface area (Å²) in [4.78, 5) is 35.7. The van der Waals surface area contributed by atoms with E-state index in [4.69, 9.17) is 14.2 Å². The van der Waals surface area contributed by atoms with Crippen LogP contribution in [0, 0.1) is 38.5 Å². The van der Waals surface area contributed by atoms with Crippen molar-refractivity contribution in [3.63, 3.8) is 0 Å². The van der Waals surface area contributed by atoms with Crippen LogP contribution in [-0.4, -0.2) is 37.1 Å². The lowest BCUT2D eigenvalue weighted by Gasteiger charge is -2.38. The van der Waals surface area contributed by atoms with E-state index in [1.807, 2.05) is 13.8 Å². The number of hydrogen-bond acceptors (Lipinski definition) is 6. The maximum Gasteiger partial charge on any atom is 0.311 e. The molecule has 0 radical (unpaired) electrons. The fraction of sp³-hybridized carbons (Fsp3) is 0.775. The van der Waals surface area contributed by atoms with E-state index in [2.05, 4.69) is 46.9 Å². The molecule has 0 fully saturated rings. The topological polar surface area (TPSA) is 90.9 Å².